The maximum Gasteiger partial charge on any atom is 0.369 e. The van der Waals surface area contributed by atoms with Crippen LogP contribution in [0.2, 0.25) is 5.02 Å². The topological polar surface area (TPSA) is 119 Å². The quantitative estimate of drug-likeness (QED) is 0.545. The molecule has 0 spiro atoms. The van der Waals surface area contributed by atoms with Crippen LogP contribution in [0, 0.1) is 6.92 Å². The first-order chi connectivity index (χ1) is 9.66. The lowest BCUT2D eigenvalue weighted by atomic mass is 10.2. The fourth-order valence-corrected chi connectivity index (χ4v) is 3.27. The third-order valence-electron chi connectivity index (χ3n) is 3.22. The van der Waals surface area contributed by atoms with Crippen LogP contribution in [-0.4, -0.2) is 31.8 Å². The Morgan fingerprint density at radius 2 is 2.19 bits per heavy atom. The molecule has 0 bridgehead atoms. The highest BCUT2D eigenvalue weighted by atomic mass is 35.5. The van der Waals surface area contributed by atoms with E-state index in [1.54, 1.807) is 6.92 Å². The van der Waals surface area contributed by atoms with Gasteiger partial charge in [-0.15, -0.1) is 0 Å². The molecule has 9 heteroatoms. The molecule has 1 saturated heterocycles. The molecule has 1 heterocycles. The lowest BCUT2D eigenvalue weighted by molar-refractivity contribution is -0.156. The smallest absolute Gasteiger partial charge is 0.369 e. The van der Waals surface area contributed by atoms with Crippen molar-refractivity contribution < 1.29 is 22.5 Å². The highest BCUT2D eigenvalue weighted by molar-refractivity contribution is 7.87. The minimum Gasteiger partial charge on any atom is -0.398 e. The Labute approximate surface area is 127 Å². The molecule has 0 aliphatic carbocycles. The van der Waals surface area contributed by atoms with Crippen LogP contribution >= 0.6 is 11.6 Å². The first kappa shape index (κ1) is 16.0. The van der Waals surface area contributed by atoms with Crippen LogP contribution in [0.5, 0.6) is 0 Å². The Bertz CT molecular complexity index is 683. The molecule has 4 N–H and O–H groups in total. The zero-order valence-corrected chi connectivity index (χ0v) is 12.8. The number of carbonyl (C=O) groups is 1. The van der Waals surface area contributed by atoms with E-state index in [9.17, 15) is 18.3 Å². The van der Waals surface area contributed by atoms with Gasteiger partial charge >= 0.3 is 16.1 Å². The van der Waals surface area contributed by atoms with Crippen LogP contribution in [0.4, 0.5) is 5.69 Å². The van der Waals surface area contributed by atoms with E-state index in [2.05, 4.69) is 9.50 Å². The molecule has 1 aromatic carbocycles. The first-order valence-electron chi connectivity index (χ1n) is 6.18. The second-order valence-electron chi connectivity index (χ2n) is 4.85. The van der Waals surface area contributed by atoms with Crippen LogP contribution in [0.3, 0.4) is 0 Å². The molecule has 1 aliphatic rings. The summed E-state index contributed by atoms with van der Waals surface area (Å²) in [7, 11) is -4.44. The molecule has 1 atom stereocenters. The molecule has 116 valence electrons. The standard InChI is InChI=1S/C12H15ClN2O5S/c1-7-5-10(9(14)6-8(7)13)21(18,19)20-11(16)12(17)3-2-4-15-12/h5-6,15,17H,2-4,14H2,1H3/t12-/m1/s1. The number of aliphatic hydroxyl groups is 1. The average Bonchev–Trinajstić information content (AvgIpc) is 2.81. The summed E-state index contributed by atoms with van der Waals surface area (Å²) in [6, 6.07) is 2.48. The number of rotatable bonds is 3. The highest BCUT2D eigenvalue weighted by Crippen LogP contribution is 2.28. The van der Waals surface area contributed by atoms with Crippen LogP contribution in [-0.2, 0) is 19.1 Å². The number of benzene rings is 1. The number of anilines is 1. The van der Waals surface area contributed by atoms with E-state index < -0.39 is 21.8 Å². The predicted octanol–water partition coefficient (Wildman–Crippen LogP) is 0.535. The molecular weight excluding hydrogens is 320 g/mol. The number of halogens is 1. The number of aryl methyl sites for hydroxylation is 1. The molecule has 2 rings (SSSR count). The van der Waals surface area contributed by atoms with E-state index in [1.165, 1.54) is 12.1 Å². The number of nitrogen functional groups attached to an aromatic ring is 1. The predicted molar refractivity (Wildman–Crippen MR) is 76.1 cm³/mol. The molecule has 0 radical (unpaired) electrons. The van der Waals surface area contributed by atoms with E-state index in [-0.39, 0.29) is 17.0 Å². The lowest BCUT2D eigenvalue weighted by Crippen LogP contribution is -2.49. The Morgan fingerprint density at radius 3 is 2.76 bits per heavy atom. The van der Waals surface area contributed by atoms with Gasteiger partial charge in [0.2, 0.25) is 5.72 Å². The molecule has 0 amide bonds. The second-order valence-corrected chi connectivity index (χ2v) is 6.78. The molecule has 1 fully saturated rings. The molecule has 0 unspecified atom stereocenters. The fourth-order valence-electron chi connectivity index (χ4n) is 2.00. The van der Waals surface area contributed by atoms with Gasteiger partial charge in [-0.2, -0.15) is 8.42 Å². The van der Waals surface area contributed by atoms with E-state index in [4.69, 9.17) is 17.3 Å². The minimum atomic E-state index is -4.44. The Balaban J connectivity index is 2.31. The third kappa shape index (κ3) is 3.13. The summed E-state index contributed by atoms with van der Waals surface area (Å²) in [5.41, 5.74) is 3.96. The SMILES string of the molecule is Cc1cc(S(=O)(=O)OC(=O)[C@]2(O)CCCN2)c(N)cc1Cl. The summed E-state index contributed by atoms with van der Waals surface area (Å²) in [4.78, 5) is 11.5. The van der Waals surface area contributed by atoms with Crippen molar-refractivity contribution in [2.45, 2.75) is 30.4 Å². The summed E-state index contributed by atoms with van der Waals surface area (Å²) in [5.74, 6) is -1.27. The Hall–Kier alpha value is -1.35. The lowest BCUT2D eigenvalue weighted by Gasteiger charge is -2.20. The van der Waals surface area contributed by atoms with Gasteiger partial charge in [0.25, 0.3) is 0 Å². The van der Waals surface area contributed by atoms with Crippen molar-refractivity contribution in [2.24, 2.45) is 0 Å². The normalized spacial score (nSPS) is 22.2. The van der Waals surface area contributed by atoms with Gasteiger partial charge in [-0.3, -0.25) is 5.32 Å². The van der Waals surface area contributed by atoms with Crippen molar-refractivity contribution in [3.05, 3.63) is 22.7 Å². The zero-order chi connectivity index (χ0) is 15.8. The van der Waals surface area contributed by atoms with Gasteiger partial charge < -0.3 is 15.0 Å². The molecule has 0 saturated carbocycles. The molecule has 1 aromatic rings. The van der Waals surface area contributed by atoms with Gasteiger partial charge in [0.1, 0.15) is 4.90 Å². The first-order valence-corrected chi connectivity index (χ1v) is 7.96. The summed E-state index contributed by atoms with van der Waals surface area (Å²) >= 11 is 5.83. The van der Waals surface area contributed by atoms with Gasteiger partial charge in [-0.05, 0) is 37.6 Å². The van der Waals surface area contributed by atoms with Crippen molar-refractivity contribution in [1.82, 2.24) is 5.32 Å². The summed E-state index contributed by atoms with van der Waals surface area (Å²) in [5, 5.41) is 12.7. The molecule has 0 aromatic heterocycles. The van der Waals surface area contributed by atoms with E-state index >= 15 is 0 Å². The Kier molecular flexibility index (Phi) is 4.16. The molecule has 1 aliphatic heterocycles. The van der Waals surface area contributed by atoms with E-state index in [0.717, 1.165) is 0 Å². The van der Waals surface area contributed by atoms with Gasteiger partial charge in [0.05, 0.1) is 5.69 Å². The summed E-state index contributed by atoms with van der Waals surface area (Å²) in [6.07, 6.45) is 0.615. The van der Waals surface area contributed by atoms with Crippen LogP contribution in [0.1, 0.15) is 18.4 Å². The zero-order valence-electron chi connectivity index (χ0n) is 11.2. The van der Waals surface area contributed by atoms with Crippen molar-refractivity contribution in [2.75, 3.05) is 12.3 Å². The fraction of sp³-hybridized carbons (Fsp3) is 0.417. The second kappa shape index (κ2) is 5.45. The van der Waals surface area contributed by atoms with Crippen molar-refractivity contribution in [1.29, 1.82) is 0 Å². The van der Waals surface area contributed by atoms with Crippen LogP contribution in [0.15, 0.2) is 17.0 Å². The van der Waals surface area contributed by atoms with E-state index in [1.807, 2.05) is 0 Å². The number of nitrogens with two attached hydrogens (primary N) is 1. The molecular formula is C12H15ClN2O5S. The number of nitrogens with one attached hydrogen (secondary N) is 1. The molecule has 21 heavy (non-hydrogen) atoms. The third-order valence-corrected chi connectivity index (χ3v) is 4.89. The monoisotopic (exact) mass is 334 g/mol. The van der Waals surface area contributed by atoms with E-state index in [0.29, 0.717) is 23.6 Å². The van der Waals surface area contributed by atoms with Gasteiger partial charge in [0.15, 0.2) is 0 Å². The van der Waals surface area contributed by atoms with Gasteiger partial charge in [0, 0.05) is 11.4 Å². The highest BCUT2D eigenvalue weighted by Gasteiger charge is 2.43. The largest absolute Gasteiger partial charge is 0.398 e. The maximum absolute atomic E-state index is 12.1. The number of hydrogen-bond acceptors (Lipinski definition) is 7. The summed E-state index contributed by atoms with van der Waals surface area (Å²) in [6.45, 7) is 1.99. The number of carbonyl (C=O) groups excluding carboxylic acids is 1. The Morgan fingerprint density at radius 1 is 1.52 bits per heavy atom. The van der Waals surface area contributed by atoms with Crippen LogP contribution in [0.25, 0.3) is 0 Å². The minimum absolute atomic E-state index is 0.0798. The van der Waals surface area contributed by atoms with Crippen LogP contribution < -0.4 is 11.1 Å². The van der Waals surface area contributed by atoms with Gasteiger partial charge in [-0.1, -0.05) is 11.6 Å². The number of hydrogen-bond donors (Lipinski definition) is 3. The average molecular weight is 335 g/mol. The van der Waals surface area contributed by atoms with Crippen molar-refractivity contribution >= 4 is 33.4 Å². The van der Waals surface area contributed by atoms with Crippen molar-refractivity contribution in [3.63, 3.8) is 0 Å². The summed E-state index contributed by atoms with van der Waals surface area (Å²) < 4.78 is 28.7. The van der Waals surface area contributed by atoms with Crippen molar-refractivity contribution in [3.8, 4) is 0 Å². The maximum atomic E-state index is 12.1. The molecule has 7 nitrogen and oxygen atoms in total. The van der Waals surface area contributed by atoms with Gasteiger partial charge in [-0.25, -0.2) is 4.79 Å².